The number of aliphatic hydroxyl groups is 2. The van der Waals surface area contributed by atoms with Crippen LogP contribution >= 0.6 is 0 Å². The van der Waals surface area contributed by atoms with Crippen molar-refractivity contribution >= 4 is 5.97 Å². The summed E-state index contributed by atoms with van der Waals surface area (Å²) >= 11 is 0. The fourth-order valence-corrected chi connectivity index (χ4v) is 9.20. The number of hydrogen-bond donors (Lipinski definition) is 2. The summed E-state index contributed by atoms with van der Waals surface area (Å²) in [6.07, 6.45) is 6.89. The van der Waals surface area contributed by atoms with E-state index >= 15 is 0 Å². The van der Waals surface area contributed by atoms with Crippen LogP contribution in [0.5, 0.6) is 0 Å². The number of fused-ring (bicyclic) bond motifs is 3. The minimum atomic E-state index is -0.421. The Morgan fingerprint density at radius 1 is 1.18 bits per heavy atom. The van der Waals surface area contributed by atoms with Gasteiger partial charge in [-0.25, -0.2) is 4.79 Å². The molecule has 33 heavy (non-hydrogen) atoms. The maximum absolute atomic E-state index is 12.1. The monoisotopic (exact) mass is 458 g/mol. The van der Waals surface area contributed by atoms with Gasteiger partial charge < -0.3 is 24.1 Å². The van der Waals surface area contributed by atoms with Crippen molar-refractivity contribution in [3.63, 3.8) is 0 Å². The summed E-state index contributed by atoms with van der Waals surface area (Å²) in [7, 11) is 0. The van der Waals surface area contributed by atoms with Gasteiger partial charge in [0.1, 0.15) is 17.8 Å². The molecule has 10 atom stereocenters. The van der Waals surface area contributed by atoms with Crippen molar-refractivity contribution < 1.29 is 28.9 Å². The zero-order chi connectivity index (χ0) is 23.2. The first kappa shape index (κ1) is 21.8. The van der Waals surface area contributed by atoms with Gasteiger partial charge in [0, 0.05) is 30.9 Å². The zero-order valence-electron chi connectivity index (χ0n) is 19.4. The highest BCUT2D eigenvalue weighted by atomic mass is 16.7. The Hall–Kier alpha value is -1.70. The van der Waals surface area contributed by atoms with Crippen LogP contribution in [0.2, 0.25) is 0 Å². The molecule has 1 aromatic heterocycles. The molecule has 0 aromatic carbocycles. The molecule has 7 heteroatoms. The molecule has 0 amide bonds. The number of ether oxygens (including phenoxy) is 2. The summed E-state index contributed by atoms with van der Waals surface area (Å²) in [5, 5.41) is 21.0. The van der Waals surface area contributed by atoms with Crippen LogP contribution < -0.4 is 5.63 Å². The largest absolute Gasteiger partial charge is 0.459 e. The third-order valence-electron chi connectivity index (χ3n) is 10.5. The van der Waals surface area contributed by atoms with Crippen molar-refractivity contribution in [2.45, 2.75) is 88.6 Å². The molecule has 5 aliphatic rings. The number of carbonyl (C=O) groups is 1. The standard InChI is InChI=1S/C26H34O7/c1-14(28)32-22-21(15-3-6-20(30)31-12-15)24(2)9-8-18-19(26(24)23(22)33-26)5-4-16-11-17(29)7-10-25(16,18)13-27/h3,6,12,16-19,21-23,27,29H,4-5,7-11,13H2,1-2H3/t16-,17-,18+,19+,21-,22-,23+,24-,25+,26-/m0/s1. The molecule has 0 bridgehead atoms. The number of esters is 1. The van der Waals surface area contributed by atoms with Gasteiger partial charge in [-0.1, -0.05) is 6.92 Å². The van der Waals surface area contributed by atoms with Gasteiger partial charge in [-0.3, -0.25) is 4.79 Å². The normalized spacial score (nSPS) is 49.9. The van der Waals surface area contributed by atoms with Crippen LogP contribution in [0.25, 0.3) is 0 Å². The lowest BCUT2D eigenvalue weighted by Gasteiger charge is -2.61. The van der Waals surface area contributed by atoms with Gasteiger partial charge in [0.05, 0.1) is 12.4 Å². The van der Waals surface area contributed by atoms with E-state index in [0.717, 1.165) is 50.5 Å². The summed E-state index contributed by atoms with van der Waals surface area (Å²) in [6, 6.07) is 3.24. The molecule has 4 saturated carbocycles. The third-order valence-corrected chi connectivity index (χ3v) is 10.5. The third kappa shape index (κ3) is 2.73. The predicted molar refractivity (Wildman–Crippen MR) is 117 cm³/mol. The van der Waals surface area contributed by atoms with E-state index in [9.17, 15) is 19.8 Å². The second-order valence-electron chi connectivity index (χ2n) is 11.5. The number of aliphatic hydroxyl groups excluding tert-OH is 2. The molecule has 0 unspecified atom stereocenters. The molecule has 1 spiro atoms. The van der Waals surface area contributed by atoms with Crippen molar-refractivity contribution in [1.29, 1.82) is 0 Å². The Morgan fingerprint density at radius 2 is 2.00 bits per heavy atom. The summed E-state index contributed by atoms with van der Waals surface area (Å²) in [4.78, 5) is 23.7. The summed E-state index contributed by atoms with van der Waals surface area (Å²) < 4.78 is 17.7. The van der Waals surface area contributed by atoms with Crippen LogP contribution in [0.15, 0.2) is 27.6 Å². The smallest absolute Gasteiger partial charge is 0.335 e. The van der Waals surface area contributed by atoms with Crippen LogP contribution in [0, 0.1) is 28.6 Å². The number of hydrogen-bond acceptors (Lipinski definition) is 7. The van der Waals surface area contributed by atoms with Crippen molar-refractivity contribution in [2.24, 2.45) is 28.6 Å². The molecule has 180 valence electrons. The number of carbonyl (C=O) groups excluding carboxylic acids is 1. The predicted octanol–water partition coefficient (Wildman–Crippen LogP) is 2.77. The molecule has 1 saturated heterocycles. The molecular formula is C26H34O7. The van der Waals surface area contributed by atoms with Crippen LogP contribution in [-0.4, -0.2) is 46.7 Å². The SMILES string of the molecule is CC(=O)O[C@@H]1[C@H]2O[C@@]23[C@@H]2CC[C@H]4C[C@@H](O)CC[C@]4(CO)[C@@H]2CC[C@@]3(C)[C@H]1c1ccc(=O)oc1. The molecule has 6 rings (SSSR count). The lowest BCUT2D eigenvalue weighted by atomic mass is 9.43. The van der Waals surface area contributed by atoms with E-state index in [-0.39, 0.29) is 47.4 Å². The summed E-state index contributed by atoms with van der Waals surface area (Å²) in [6.45, 7) is 3.85. The molecule has 7 nitrogen and oxygen atoms in total. The maximum atomic E-state index is 12.1. The van der Waals surface area contributed by atoms with Crippen molar-refractivity contribution in [3.05, 3.63) is 34.4 Å². The van der Waals surface area contributed by atoms with E-state index in [1.807, 2.05) is 0 Å². The topological polar surface area (TPSA) is 110 Å². The average molecular weight is 459 g/mol. The van der Waals surface area contributed by atoms with Gasteiger partial charge in [0.25, 0.3) is 0 Å². The molecule has 4 aliphatic carbocycles. The van der Waals surface area contributed by atoms with E-state index in [2.05, 4.69) is 6.92 Å². The number of rotatable bonds is 3. The first-order valence-electron chi connectivity index (χ1n) is 12.5. The van der Waals surface area contributed by atoms with Gasteiger partial charge in [-0.05, 0) is 79.7 Å². The van der Waals surface area contributed by atoms with Gasteiger partial charge in [0.2, 0.25) is 0 Å². The van der Waals surface area contributed by atoms with Crippen molar-refractivity contribution in [2.75, 3.05) is 6.61 Å². The van der Waals surface area contributed by atoms with E-state index in [0.29, 0.717) is 11.8 Å². The van der Waals surface area contributed by atoms with Gasteiger partial charge in [0.15, 0.2) is 0 Å². The van der Waals surface area contributed by atoms with Gasteiger partial charge in [-0.15, -0.1) is 0 Å². The molecule has 0 radical (unpaired) electrons. The number of epoxide rings is 1. The van der Waals surface area contributed by atoms with Crippen LogP contribution in [-0.2, 0) is 14.3 Å². The van der Waals surface area contributed by atoms with Crippen LogP contribution in [0.1, 0.15) is 70.3 Å². The first-order valence-corrected chi connectivity index (χ1v) is 12.5. The molecule has 2 heterocycles. The molecular weight excluding hydrogens is 424 g/mol. The highest BCUT2D eigenvalue weighted by molar-refractivity contribution is 5.66. The highest BCUT2D eigenvalue weighted by Crippen LogP contribution is 2.78. The van der Waals surface area contributed by atoms with E-state index in [1.54, 1.807) is 6.07 Å². The Balaban J connectivity index is 1.42. The minimum absolute atomic E-state index is 0.110. The average Bonchev–Trinajstić information content (AvgIpc) is 3.49. The van der Waals surface area contributed by atoms with E-state index in [4.69, 9.17) is 13.9 Å². The summed E-state index contributed by atoms with van der Waals surface area (Å²) in [5.41, 5.74) is -0.350. The van der Waals surface area contributed by atoms with Crippen molar-refractivity contribution in [3.8, 4) is 0 Å². The first-order chi connectivity index (χ1) is 15.8. The van der Waals surface area contributed by atoms with Gasteiger partial charge in [-0.2, -0.15) is 0 Å². The molecule has 2 N–H and O–H groups in total. The quantitative estimate of drug-likeness (QED) is 0.529. The Bertz CT molecular complexity index is 1000. The molecule has 5 fully saturated rings. The summed E-state index contributed by atoms with van der Waals surface area (Å²) in [5.74, 6) is 0.510. The Kier molecular flexibility index (Phi) is 4.73. The Labute approximate surface area is 193 Å². The second kappa shape index (κ2) is 7.15. The highest BCUT2D eigenvalue weighted by Gasteiger charge is 2.85. The van der Waals surface area contributed by atoms with Gasteiger partial charge >= 0.3 is 11.6 Å². The van der Waals surface area contributed by atoms with E-state index < -0.39 is 17.3 Å². The fraction of sp³-hybridized carbons (Fsp3) is 0.769. The van der Waals surface area contributed by atoms with Crippen LogP contribution in [0.3, 0.4) is 0 Å². The molecule has 1 aromatic rings. The zero-order valence-corrected chi connectivity index (χ0v) is 19.4. The van der Waals surface area contributed by atoms with Crippen molar-refractivity contribution in [1.82, 2.24) is 0 Å². The minimum Gasteiger partial charge on any atom is -0.459 e. The lowest BCUT2D eigenvalue weighted by Crippen LogP contribution is -2.60. The molecule has 1 aliphatic heterocycles. The Morgan fingerprint density at radius 3 is 2.70 bits per heavy atom. The maximum Gasteiger partial charge on any atom is 0.335 e. The van der Waals surface area contributed by atoms with Crippen LogP contribution in [0.4, 0.5) is 0 Å². The lowest BCUT2D eigenvalue weighted by molar-refractivity contribution is -0.169. The second-order valence-corrected chi connectivity index (χ2v) is 11.5. The van der Waals surface area contributed by atoms with E-state index in [1.165, 1.54) is 19.3 Å². The fourth-order valence-electron chi connectivity index (χ4n) is 9.20.